The van der Waals surface area contributed by atoms with Gasteiger partial charge in [-0.05, 0) is 30.5 Å². The minimum atomic E-state index is -4.68. The number of benzene rings is 1. The van der Waals surface area contributed by atoms with Crippen LogP contribution in [0.5, 0.6) is 0 Å². The van der Waals surface area contributed by atoms with Crippen LogP contribution in [0.1, 0.15) is 42.0 Å². The number of hydrogen-bond acceptors (Lipinski definition) is 4. The van der Waals surface area contributed by atoms with Crippen molar-refractivity contribution < 1.29 is 23.1 Å². The number of aromatic nitrogens is 2. The van der Waals surface area contributed by atoms with E-state index in [0.717, 1.165) is 0 Å². The minimum Gasteiger partial charge on any atom is -0.378 e. The molecule has 1 aromatic carbocycles. The first-order chi connectivity index (χ1) is 15.3. The number of rotatable bonds is 6. The fourth-order valence-corrected chi connectivity index (χ4v) is 4.19. The normalized spacial score (nSPS) is 16.6. The van der Waals surface area contributed by atoms with Gasteiger partial charge in [-0.3, -0.25) is 14.8 Å². The van der Waals surface area contributed by atoms with Gasteiger partial charge in [-0.2, -0.15) is 13.2 Å². The molecule has 2 aromatic heterocycles. The van der Waals surface area contributed by atoms with E-state index < -0.39 is 29.1 Å². The first-order valence-electron chi connectivity index (χ1n) is 10.2. The van der Waals surface area contributed by atoms with Crippen LogP contribution < -0.4 is 5.32 Å². The maximum atomic E-state index is 13.9. The second-order valence-electron chi connectivity index (χ2n) is 8.00. The van der Waals surface area contributed by atoms with Crippen LogP contribution in [-0.4, -0.2) is 27.2 Å². The molecule has 1 atom stereocenters. The van der Waals surface area contributed by atoms with E-state index in [0.29, 0.717) is 23.1 Å². The quantitative estimate of drug-likeness (QED) is 0.598. The van der Waals surface area contributed by atoms with Gasteiger partial charge in [0.25, 0.3) is 0 Å². The van der Waals surface area contributed by atoms with Crippen LogP contribution in [0.2, 0.25) is 0 Å². The zero-order valence-electron chi connectivity index (χ0n) is 17.1. The number of amides is 1. The third kappa shape index (κ3) is 3.64. The predicted molar refractivity (Wildman–Crippen MR) is 111 cm³/mol. The maximum Gasteiger partial charge on any atom is 0.403 e. The molecule has 8 heteroatoms. The van der Waals surface area contributed by atoms with Crippen molar-refractivity contribution in [2.45, 2.75) is 37.1 Å². The molecule has 1 aliphatic rings. The van der Waals surface area contributed by atoms with Gasteiger partial charge >= 0.3 is 6.18 Å². The molecule has 3 aromatic rings. The highest BCUT2D eigenvalue weighted by Crippen LogP contribution is 2.54. The molecule has 1 aliphatic carbocycles. The summed E-state index contributed by atoms with van der Waals surface area (Å²) in [5, 5.41) is 14.7. The summed E-state index contributed by atoms with van der Waals surface area (Å²) < 4.78 is 41.6. The predicted octanol–water partition coefficient (Wildman–Crippen LogP) is 4.30. The number of carbonyl (C=O) groups is 1. The molecule has 5 nitrogen and oxygen atoms in total. The third-order valence-electron chi connectivity index (χ3n) is 6.21. The molecule has 1 saturated carbocycles. The van der Waals surface area contributed by atoms with Crippen LogP contribution in [-0.2, 0) is 10.4 Å². The molecule has 1 amide bonds. The van der Waals surface area contributed by atoms with Crippen LogP contribution in [0, 0.1) is 5.41 Å². The Morgan fingerprint density at radius 2 is 1.50 bits per heavy atom. The first kappa shape index (κ1) is 22.0. The van der Waals surface area contributed by atoms with E-state index in [1.807, 2.05) is 0 Å². The van der Waals surface area contributed by atoms with Crippen LogP contribution >= 0.6 is 0 Å². The average Bonchev–Trinajstić information content (AvgIpc) is 2.77. The molecular weight excluding hydrogens is 419 g/mol. The van der Waals surface area contributed by atoms with Crippen molar-refractivity contribution in [2.75, 3.05) is 0 Å². The molecule has 1 unspecified atom stereocenters. The lowest BCUT2D eigenvalue weighted by Crippen LogP contribution is -2.57. The zero-order valence-corrected chi connectivity index (χ0v) is 17.1. The number of halogens is 3. The van der Waals surface area contributed by atoms with E-state index in [-0.39, 0.29) is 12.8 Å². The second-order valence-corrected chi connectivity index (χ2v) is 8.00. The van der Waals surface area contributed by atoms with E-state index in [4.69, 9.17) is 0 Å². The molecule has 1 fully saturated rings. The van der Waals surface area contributed by atoms with Gasteiger partial charge in [0.05, 0.1) is 6.04 Å². The number of alkyl halides is 3. The van der Waals surface area contributed by atoms with Gasteiger partial charge in [-0.15, -0.1) is 0 Å². The highest BCUT2D eigenvalue weighted by molar-refractivity contribution is 5.85. The molecule has 0 spiro atoms. The van der Waals surface area contributed by atoms with Gasteiger partial charge in [-0.1, -0.05) is 48.9 Å². The van der Waals surface area contributed by atoms with Crippen molar-refractivity contribution in [1.82, 2.24) is 15.3 Å². The molecule has 2 heterocycles. The molecule has 32 heavy (non-hydrogen) atoms. The van der Waals surface area contributed by atoms with Crippen LogP contribution in [0.4, 0.5) is 13.2 Å². The fourth-order valence-electron chi connectivity index (χ4n) is 4.19. The SMILES string of the molecule is O=C(NC(c1ccccc1)C(O)(c1cccnc1)c1cccnc1)C1(C(F)(F)F)CCC1. The van der Waals surface area contributed by atoms with Crippen molar-refractivity contribution in [3.63, 3.8) is 0 Å². The van der Waals surface area contributed by atoms with Gasteiger partial charge in [0.15, 0.2) is 0 Å². The number of pyridine rings is 2. The van der Waals surface area contributed by atoms with Crippen LogP contribution in [0.3, 0.4) is 0 Å². The lowest BCUT2D eigenvalue weighted by atomic mass is 9.67. The Balaban J connectivity index is 1.86. The van der Waals surface area contributed by atoms with Gasteiger partial charge < -0.3 is 10.4 Å². The van der Waals surface area contributed by atoms with Crippen molar-refractivity contribution in [1.29, 1.82) is 0 Å². The van der Waals surface area contributed by atoms with Crippen LogP contribution in [0.25, 0.3) is 0 Å². The summed E-state index contributed by atoms with van der Waals surface area (Å²) in [7, 11) is 0. The van der Waals surface area contributed by atoms with E-state index in [1.165, 1.54) is 24.8 Å². The lowest BCUT2D eigenvalue weighted by molar-refractivity contribution is -0.244. The Morgan fingerprint density at radius 1 is 0.938 bits per heavy atom. The smallest absolute Gasteiger partial charge is 0.378 e. The lowest BCUT2D eigenvalue weighted by Gasteiger charge is -2.44. The van der Waals surface area contributed by atoms with Gasteiger partial charge in [0, 0.05) is 35.9 Å². The number of aliphatic hydroxyl groups is 1. The highest BCUT2D eigenvalue weighted by Gasteiger charge is 2.64. The molecule has 4 rings (SSSR count). The number of carbonyl (C=O) groups excluding carboxylic acids is 1. The Morgan fingerprint density at radius 3 is 1.91 bits per heavy atom. The Kier molecular flexibility index (Phi) is 5.73. The Labute approximate surface area is 183 Å². The summed E-state index contributed by atoms with van der Waals surface area (Å²) in [6.07, 6.45) is 0.988. The summed E-state index contributed by atoms with van der Waals surface area (Å²) in [6, 6.07) is 13.7. The summed E-state index contributed by atoms with van der Waals surface area (Å²) in [5.41, 5.74) is -3.29. The van der Waals surface area contributed by atoms with E-state index in [1.54, 1.807) is 54.6 Å². The van der Waals surface area contributed by atoms with Gasteiger partial charge in [-0.25, -0.2) is 0 Å². The molecule has 2 N–H and O–H groups in total. The highest BCUT2D eigenvalue weighted by atomic mass is 19.4. The summed E-state index contributed by atoms with van der Waals surface area (Å²) in [4.78, 5) is 21.3. The Hall–Kier alpha value is -3.26. The van der Waals surface area contributed by atoms with E-state index in [2.05, 4.69) is 15.3 Å². The van der Waals surface area contributed by atoms with E-state index in [9.17, 15) is 23.1 Å². The monoisotopic (exact) mass is 441 g/mol. The third-order valence-corrected chi connectivity index (χ3v) is 6.21. The number of hydrogen-bond donors (Lipinski definition) is 2. The Bertz CT molecular complexity index is 1020. The van der Waals surface area contributed by atoms with Crippen molar-refractivity contribution in [3.8, 4) is 0 Å². The number of nitrogens with one attached hydrogen (secondary N) is 1. The molecule has 0 radical (unpaired) electrons. The summed E-state index contributed by atoms with van der Waals surface area (Å²) in [5.74, 6) is -1.14. The van der Waals surface area contributed by atoms with Crippen LogP contribution in [0.15, 0.2) is 79.4 Å². The molecule has 0 aliphatic heterocycles. The zero-order chi connectivity index (χ0) is 22.8. The van der Waals surface area contributed by atoms with Gasteiger partial charge in [0.1, 0.15) is 11.0 Å². The summed E-state index contributed by atoms with van der Waals surface area (Å²) >= 11 is 0. The average molecular weight is 441 g/mol. The fraction of sp³-hybridized carbons (Fsp3) is 0.292. The topological polar surface area (TPSA) is 75.1 Å². The standard InChI is InChI=1S/C24H22F3N3O2/c25-24(26,27)22(11-6-12-22)21(31)30-20(17-7-2-1-3-8-17)23(32,18-9-4-13-28-15-18)19-10-5-14-29-16-19/h1-5,7-10,13-16,20,32H,6,11-12H2,(H,30,31). The molecule has 0 saturated heterocycles. The molecular formula is C24H22F3N3O2. The largest absolute Gasteiger partial charge is 0.403 e. The van der Waals surface area contributed by atoms with E-state index >= 15 is 0 Å². The van der Waals surface area contributed by atoms with Crippen molar-refractivity contribution in [2.24, 2.45) is 5.41 Å². The van der Waals surface area contributed by atoms with Crippen molar-refractivity contribution in [3.05, 3.63) is 96.1 Å². The minimum absolute atomic E-state index is 0.276. The molecule has 166 valence electrons. The van der Waals surface area contributed by atoms with Crippen molar-refractivity contribution >= 4 is 5.91 Å². The van der Waals surface area contributed by atoms with Gasteiger partial charge in [0.2, 0.25) is 5.91 Å². The maximum absolute atomic E-state index is 13.9. The second kappa shape index (κ2) is 8.35. The number of nitrogens with zero attached hydrogens (tertiary/aromatic N) is 2. The molecule has 0 bridgehead atoms. The first-order valence-corrected chi connectivity index (χ1v) is 10.2. The summed E-state index contributed by atoms with van der Waals surface area (Å²) in [6.45, 7) is 0.